The second-order valence-corrected chi connectivity index (χ2v) is 8.68. The van der Waals surface area contributed by atoms with E-state index in [0.29, 0.717) is 33.6 Å². The number of anilines is 2. The van der Waals surface area contributed by atoms with Crippen molar-refractivity contribution in [3.05, 3.63) is 77.3 Å². The highest BCUT2D eigenvalue weighted by Gasteiger charge is 2.46. The molecule has 36 heavy (non-hydrogen) atoms. The van der Waals surface area contributed by atoms with E-state index in [9.17, 15) is 14.4 Å². The molecule has 10 heteroatoms. The summed E-state index contributed by atoms with van der Waals surface area (Å²) < 4.78 is 16.0. The molecule has 0 aliphatic carbocycles. The first-order chi connectivity index (χ1) is 17.4. The third kappa shape index (κ3) is 4.65. The lowest BCUT2D eigenvalue weighted by atomic mass is 10.1. The number of benzene rings is 3. The summed E-state index contributed by atoms with van der Waals surface area (Å²) in [6, 6.07) is 17.0. The lowest BCUT2D eigenvalue weighted by molar-refractivity contribution is -0.124. The van der Waals surface area contributed by atoms with Gasteiger partial charge in [0.1, 0.15) is 11.8 Å². The van der Waals surface area contributed by atoms with Crippen LogP contribution in [0.15, 0.2) is 66.7 Å². The van der Waals surface area contributed by atoms with Crippen molar-refractivity contribution in [3.8, 4) is 17.2 Å². The van der Waals surface area contributed by atoms with E-state index < -0.39 is 23.9 Å². The van der Waals surface area contributed by atoms with Crippen LogP contribution in [0.25, 0.3) is 0 Å². The summed E-state index contributed by atoms with van der Waals surface area (Å²) in [5, 5.41) is 3.30. The maximum atomic E-state index is 13.5. The molecule has 0 spiro atoms. The Kier molecular flexibility index (Phi) is 6.39. The van der Waals surface area contributed by atoms with Crippen molar-refractivity contribution >= 4 is 40.8 Å². The SMILES string of the molecule is COc1ccc(N2C(=O)[C@@H](CC(=O)Nc3ccc(Cl)cc3)N(Cc3ccc4c(c3)OCO4)C2=O)cc1. The van der Waals surface area contributed by atoms with E-state index in [2.05, 4.69) is 5.32 Å². The van der Waals surface area contributed by atoms with Gasteiger partial charge < -0.3 is 24.4 Å². The molecule has 184 valence electrons. The predicted octanol–water partition coefficient (Wildman–Crippen LogP) is 4.44. The lowest BCUT2D eigenvalue weighted by Gasteiger charge is -2.22. The van der Waals surface area contributed by atoms with Crippen LogP contribution in [-0.4, -0.2) is 42.7 Å². The number of rotatable bonds is 7. The summed E-state index contributed by atoms with van der Waals surface area (Å²) in [5.41, 5.74) is 1.66. The van der Waals surface area contributed by atoms with Crippen LogP contribution >= 0.6 is 11.6 Å². The number of methoxy groups -OCH3 is 1. The molecule has 1 N–H and O–H groups in total. The molecule has 0 aromatic heterocycles. The van der Waals surface area contributed by atoms with Gasteiger partial charge in [-0.05, 0) is 66.2 Å². The van der Waals surface area contributed by atoms with Crippen molar-refractivity contribution in [2.45, 2.75) is 19.0 Å². The van der Waals surface area contributed by atoms with Gasteiger partial charge in [-0.25, -0.2) is 9.69 Å². The molecule has 3 aromatic rings. The van der Waals surface area contributed by atoms with Crippen molar-refractivity contribution in [2.24, 2.45) is 0 Å². The summed E-state index contributed by atoms with van der Waals surface area (Å²) in [7, 11) is 1.53. The fraction of sp³-hybridized carbons (Fsp3) is 0.192. The lowest BCUT2D eigenvalue weighted by Crippen LogP contribution is -2.37. The number of carbonyl (C=O) groups excluding carboxylic acids is 3. The summed E-state index contributed by atoms with van der Waals surface area (Å²) >= 11 is 5.91. The molecule has 0 unspecified atom stereocenters. The molecular weight excluding hydrogens is 486 g/mol. The van der Waals surface area contributed by atoms with Gasteiger partial charge in [0.05, 0.1) is 19.2 Å². The smallest absolute Gasteiger partial charge is 0.332 e. The van der Waals surface area contributed by atoms with Crippen LogP contribution in [0.2, 0.25) is 5.02 Å². The Hall–Kier alpha value is -4.24. The molecule has 2 aliphatic rings. The standard InChI is InChI=1S/C26H22ClN3O6/c1-34-20-9-7-19(8-10-20)30-25(32)21(13-24(31)28-18-5-3-17(27)4-6-18)29(26(30)33)14-16-2-11-22-23(12-16)36-15-35-22/h2-12,21H,13-15H2,1H3,(H,28,31)/t21-/m1/s1. The third-order valence-corrected chi connectivity index (χ3v) is 6.20. The minimum Gasteiger partial charge on any atom is -0.497 e. The van der Waals surface area contributed by atoms with Gasteiger partial charge in [0, 0.05) is 17.3 Å². The zero-order valence-electron chi connectivity index (χ0n) is 19.3. The average molecular weight is 508 g/mol. The van der Waals surface area contributed by atoms with Gasteiger partial charge in [-0.15, -0.1) is 0 Å². The fourth-order valence-electron chi connectivity index (χ4n) is 4.14. The Balaban J connectivity index is 1.41. The number of imide groups is 1. The highest BCUT2D eigenvalue weighted by Crippen LogP contribution is 2.35. The minimum atomic E-state index is -1.00. The molecule has 3 aromatic carbocycles. The number of urea groups is 1. The van der Waals surface area contributed by atoms with E-state index >= 15 is 0 Å². The van der Waals surface area contributed by atoms with Gasteiger partial charge in [-0.1, -0.05) is 17.7 Å². The Morgan fingerprint density at radius 3 is 2.47 bits per heavy atom. The summed E-state index contributed by atoms with van der Waals surface area (Å²) in [5.74, 6) is 0.873. The van der Waals surface area contributed by atoms with Crippen LogP contribution in [0.1, 0.15) is 12.0 Å². The number of hydrogen-bond acceptors (Lipinski definition) is 6. The van der Waals surface area contributed by atoms with Crippen molar-refractivity contribution in [3.63, 3.8) is 0 Å². The third-order valence-electron chi connectivity index (χ3n) is 5.95. The van der Waals surface area contributed by atoms with Crippen LogP contribution in [0.3, 0.4) is 0 Å². The first kappa shape index (κ1) is 23.5. The first-order valence-corrected chi connectivity index (χ1v) is 11.5. The number of fused-ring (bicyclic) bond motifs is 1. The summed E-state index contributed by atoms with van der Waals surface area (Å²) in [6.45, 7) is 0.228. The number of ether oxygens (including phenoxy) is 3. The Morgan fingerprint density at radius 1 is 1.03 bits per heavy atom. The highest BCUT2D eigenvalue weighted by molar-refractivity contribution is 6.30. The maximum Gasteiger partial charge on any atom is 0.332 e. The normalized spacial score (nSPS) is 16.4. The van der Waals surface area contributed by atoms with E-state index in [-0.39, 0.29) is 19.8 Å². The van der Waals surface area contributed by atoms with E-state index in [1.807, 2.05) is 0 Å². The molecule has 5 rings (SSSR count). The van der Waals surface area contributed by atoms with Crippen LogP contribution < -0.4 is 24.4 Å². The first-order valence-electron chi connectivity index (χ1n) is 11.2. The minimum absolute atomic E-state index is 0.104. The molecule has 9 nitrogen and oxygen atoms in total. The van der Waals surface area contributed by atoms with Crippen LogP contribution in [0, 0.1) is 0 Å². The van der Waals surface area contributed by atoms with Gasteiger partial charge in [0.25, 0.3) is 5.91 Å². The topological polar surface area (TPSA) is 97.4 Å². The van der Waals surface area contributed by atoms with Crippen molar-refractivity contribution in [2.75, 3.05) is 24.1 Å². The predicted molar refractivity (Wildman–Crippen MR) is 132 cm³/mol. The van der Waals surface area contributed by atoms with E-state index in [1.54, 1.807) is 66.7 Å². The molecule has 1 fully saturated rings. The Morgan fingerprint density at radius 2 is 1.75 bits per heavy atom. The van der Waals surface area contributed by atoms with Gasteiger partial charge in [-0.3, -0.25) is 9.59 Å². The van der Waals surface area contributed by atoms with Gasteiger partial charge in [-0.2, -0.15) is 0 Å². The molecule has 1 atom stereocenters. The molecule has 4 amide bonds. The number of amides is 4. The molecule has 0 saturated carbocycles. The van der Waals surface area contributed by atoms with Gasteiger partial charge in [0.2, 0.25) is 12.7 Å². The van der Waals surface area contributed by atoms with E-state index in [4.69, 9.17) is 25.8 Å². The zero-order chi connectivity index (χ0) is 25.2. The Bertz CT molecular complexity index is 1310. The largest absolute Gasteiger partial charge is 0.497 e. The quantitative estimate of drug-likeness (QED) is 0.475. The summed E-state index contributed by atoms with van der Waals surface area (Å²) in [6.07, 6.45) is -0.218. The monoisotopic (exact) mass is 507 g/mol. The van der Waals surface area contributed by atoms with Crippen LogP contribution in [0.5, 0.6) is 17.2 Å². The summed E-state index contributed by atoms with van der Waals surface area (Å²) in [4.78, 5) is 42.3. The average Bonchev–Trinajstić information content (AvgIpc) is 3.43. The number of nitrogens with one attached hydrogen (secondary N) is 1. The number of halogens is 1. The second-order valence-electron chi connectivity index (χ2n) is 8.24. The van der Waals surface area contributed by atoms with Crippen molar-refractivity contribution in [1.29, 1.82) is 0 Å². The number of nitrogens with zero attached hydrogens (tertiary/aromatic N) is 2. The second kappa shape index (κ2) is 9.79. The fourth-order valence-corrected chi connectivity index (χ4v) is 4.27. The highest BCUT2D eigenvalue weighted by atomic mass is 35.5. The number of carbonyl (C=O) groups is 3. The van der Waals surface area contributed by atoms with Gasteiger partial charge in [0.15, 0.2) is 11.5 Å². The molecule has 1 saturated heterocycles. The van der Waals surface area contributed by atoms with Crippen molar-refractivity contribution < 1.29 is 28.6 Å². The molecule has 2 heterocycles. The van der Waals surface area contributed by atoms with Crippen LogP contribution in [-0.2, 0) is 16.1 Å². The Labute approximate surface area is 212 Å². The maximum absolute atomic E-state index is 13.5. The molecular formula is C26H22ClN3O6. The molecule has 2 aliphatic heterocycles. The van der Waals surface area contributed by atoms with Gasteiger partial charge >= 0.3 is 6.03 Å². The number of hydrogen-bond donors (Lipinski definition) is 1. The van der Waals surface area contributed by atoms with E-state index in [0.717, 1.165) is 10.5 Å². The molecule has 0 bridgehead atoms. The molecule has 0 radical (unpaired) electrons. The van der Waals surface area contributed by atoms with Crippen molar-refractivity contribution in [1.82, 2.24) is 4.90 Å². The zero-order valence-corrected chi connectivity index (χ0v) is 20.0. The van der Waals surface area contributed by atoms with E-state index in [1.165, 1.54) is 12.0 Å². The van der Waals surface area contributed by atoms with Crippen LogP contribution in [0.4, 0.5) is 16.2 Å².